The van der Waals surface area contributed by atoms with E-state index in [4.69, 9.17) is 9.97 Å². The molecule has 4 atom stereocenters. The molecule has 9 heteroatoms. The molecule has 0 spiro atoms. The zero-order chi connectivity index (χ0) is 24.5. The number of fused-ring (bicyclic) bond motifs is 1. The highest BCUT2D eigenvalue weighted by molar-refractivity contribution is 7.99. The molecule has 2 aromatic carbocycles. The minimum Gasteiger partial charge on any atom is -0.389 e. The first-order valence-corrected chi connectivity index (χ1v) is 13.7. The number of nitrogens with zero attached hydrogens (tertiary/aromatic N) is 6. The van der Waals surface area contributed by atoms with E-state index in [9.17, 15) is 5.11 Å². The van der Waals surface area contributed by atoms with Crippen LogP contribution in [0.25, 0.3) is 11.2 Å². The normalized spacial score (nSPS) is 23.8. The van der Waals surface area contributed by atoms with Gasteiger partial charge >= 0.3 is 0 Å². The summed E-state index contributed by atoms with van der Waals surface area (Å²) in [7, 11) is 0. The lowest BCUT2D eigenvalue weighted by atomic mass is 10.1. The summed E-state index contributed by atoms with van der Waals surface area (Å²) in [4.78, 5) is 11.9. The van der Waals surface area contributed by atoms with Crippen LogP contribution in [0.15, 0.2) is 65.8 Å². The fourth-order valence-corrected chi connectivity index (χ4v) is 5.74. The van der Waals surface area contributed by atoms with Crippen molar-refractivity contribution in [3.8, 4) is 0 Å². The molecule has 36 heavy (non-hydrogen) atoms. The number of hydrogen-bond donors (Lipinski definition) is 2. The maximum absolute atomic E-state index is 11.0. The first kappa shape index (κ1) is 23.4. The number of benzene rings is 2. The Morgan fingerprint density at radius 1 is 1.03 bits per heavy atom. The van der Waals surface area contributed by atoms with Crippen LogP contribution < -0.4 is 5.32 Å². The van der Waals surface area contributed by atoms with Crippen LogP contribution in [-0.4, -0.2) is 66.0 Å². The number of aliphatic hydroxyl groups excluding tert-OH is 1. The van der Waals surface area contributed by atoms with E-state index in [-0.39, 0.29) is 6.04 Å². The summed E-state index contributed by atoms with van der Waals surface area (Å²) in [5, 5.41) is 24.3. The molecular formula is C27H31N7OS. The number of anilines is 1. The zero-order valence-corrected chi connectivity index (χ0v) is 21.2. The molecule has 2 N–H and O–H groups in total. The highest BCUT2D eigenvalue weighted by Gasteiger charge is 2.40. The second-order valence-electron chi connectivity index (χ2n) is 9.73. The molecule has 6 rings (SSSR count). The van der Waals surface area contributed by atoms with Gasteiger partial charge in [-0.1, -0.05) is 84.6 Å². The van der Waals surface area contributed by atoms with E-state index in [1.54, 1.807) is 11.8 Å². The van der Waals surface area contributed by atoms with Crippen molar-refractivity contribution in [2.75, 3.05) is 24.2 Å². The quantitative estimate of drug-likeness (QED) is 0.262. The van der Waals surface area contributed by atoms with E-state index in [0.717, 1.165) is 36.1 Å². The standard InChI is InChI=1S/C27H31N7OS/c1-2-13-36-27-29-25(28-21-14-20(21)19-11-7-4-8-12-19)24-26(30-27)34(32-31-24)22-16-33(17-23(22)35)15-18-9-5-3-6-10-18/h3-12,20-23,35H,2,13-17H2,1H3,(H,28,29,30)/t20?,21?,22-,23-/m1/s1. The van der Waals surface area contributed by atoms with Gasteiger partial charge in [-0.05, 0) is 24.0 Å². The lowest BCUT2D eigenvalue weighted by Gasteiger charge is -2.16. The molecule has 1 saturated heterocycles. The van der Waals surface area contributed by atoms with Gasteiger partial charge in [0.1, 0.15) is 0 Å². The molecule has 186 valence electrons. The SMILES string of the molecule is CCCSc1nc(NC2CC2c2ccccc2)c2nnn([C@@H]3CN(Cc4ccccc4)C[C@H]3O)c2n1. The van der Waals surface area contributed by atoms with E-state index in [0.29, 0.717) is 36.2 Å². The molecule has 3 heterocycles. The largest absolute Gasteiger partial charge is 0.389 e. The number of nitrogens with one attached hydrogen (secondary N) is 1. The van der Waals surface area contributed by atoms with Gasteiger partial charge in [0, 0.05) is 37.3 Å². The molecular weight excluding hydrogens is 470 g/mol. The Bertz CT molecular complexity index is 1320. The summed E-state index contributed by atoms with van der Waals surface area (Å²) >= 11 is 1.65. The predicted molar refractivity (Wildman–Crippen MR) is 142 cm³/mol. The molecule has 1 aliphatic carbocycles. The molecule has 2 unspecified atom stereocenters. The van der Waals surface area contributed by atoms with E-state index in [1.807, 2.05) is 22.9 Å². The third-order valence-corrected chi connectivity index (χ3v) is 8.03. The third-order valence-electron chi connectivity index (χ3n) is 6.98. The second-order valence-corrected chi connectivity index (χ2v) is 10.8. The van der Waals surface area contributed by atoms with Crippen LogP contribution in [0.1, 0.15) is 42.9 Å². The van der Waals surface area contributed by atoms with E-state index < -0.39 is 6.10 Å². The number of aliphatic hydroxyl groups is 1. The second kappa shape index (κ2) is 10.2. The Hall–Kier alpha value is -3.01. The van der Waals surface area contributed by atoms with Gasteiger partial charge in [-0.15, -0.1) is 5.10 Å². The molecule has 8 nitrogen and oxygen atoms in total. The molecule has 1 aliphatic heterocycles. The molecule has 1 saturated carbocycles. The van der Waals surface area contributed by atoms with Crippen LogP contribution in [0.4, 0.5) is 5.82 Å². The minimum absolute atomic E-state index is 0.205. The fraction of sp³-hybridized carbons (Fsp3) is 0.407. The first-order chi connectivity index (χ1) is 17.7. The zero-order valence-electron chi connectivity index (χ0n) is 20.4. The molecule has 0 radical (unpaired) electrons. The first-order valence-electron chi connectivity index (χ1n) is 12.7. The van der Waals surface area contributed by atoms with Crippen molar-refractivity contribution < 1.29 is 5.11 Å². The minimum atomic E-state index is -0.539. The van der Waals surface area contributed by atoms with E-state index in [1.165, 1.54) is 11.1 Å². The third kappa shape index (κ3) is 4.83. The van der Waals surface area contributed by atoms with Crippen molar-refractivity contribution in [2.24, 2.45) is 0 Å². The lowest BCUT2D eigenvalue weighted by Crippen LogP contribution is -2.23. The predicted octanol–water partition coefficient (Wildman–Crippen LogP) is 4.11. The summed E-state index contributed by atoms with van der Waals surface area (Å²) in [5.41, 5.74) is 3.94. The summed E-state index contributed by atoms with van der Waals surface area (Å²) in [6.45, 7) is 4.23. The highest BCUT2D eigenvalue weighted by atomic mass is 32.2. The molecule has 4 aromatic rings. The van der Waals surface area contributed by atoms with Gasteiger partial charge in [0.25, 0.3) is 0 Å². The summed E-state index contributed by atoms with van der Waals surface area (Å²) in [5.74, 6) is 2.16. The monoisotopic (exact) mass is 501 g/mol. The average Bonchev–Trinajstić information content (AvgIpc) is 3.39. The Kier molecular flexibility index (Phi) is 6.60. The van der Waals surface area contributed by atoms with Gasteiger partial charge in [-0.2, -0.15) is 0 Å². The molecule has 2 aromatic heterocycles. The number of aromatic nitrogens is 5. The van der Waals surface area contributed by atoms with Crippen LogP contribution >= 0.6 is 11.8 Å². The molecule has 2 aliphatic rings. The van der Waals surface area contributed by atoms with Crippen LogP contribution in [-0.2, 0) is 6.54 Å². The van der Waals surface area contributed by atoms with Gasteiger partial charge in [0.2, 0.25) is 0 Å². The molecule has 2 fully saturated rings. The van der Waals surface area contributed by atoms with E-state index in [2.05, 4.69) is 69.9 Å². The van der Waals surface area contributed by atoms with E-state index >= 15 is 0 Å². The Labute approximate surface area is 215 Å². The molecule has 0 bridgehead atoms. The number of hydrogen-bond acceptors (Lipinski definition) is 8. The average molecular weight is 502 g/mol. The number of likely N-dealkylation sites (tertiary alicyclic amines) is 1. The van der Waals surface area contributed by atoms with Crippen molar-refractivity contribution in [3.05, 3.63) is 71.8 Å². The van der Waals surface area contributed by atoms with Gasteiger partial charge in [0.05, 0.1) is 12.1 Å². The van der Waals surface area contributed by atoms with Gasteiger partial charge in [-0.3, -0.25) is 4.90 Å². The van der Waals surface area contributed by atoms with Crippen molar-refractivity contribution in [2.45, 2.75) is 55.6 Å². The van der Waals surface area contributed by atoms with Crippen LogP contribution in [0.2, 0.25) is 0 Å². The topological polar surface area (TPSA) is 92.0 Å². The van der Waals surface area contributed by atoms with Crippen molar-refractivity contribution in [3.63, 3.8) is 0 Å². The lowest BCUT2D eigenvalue weighted by molar-refractivity contribution is 0.139. The summed E-state index contributed by atoms with van der Waals surface area (Å²) in [6, 6.07) is 21.1. The molecule has 0 amide bonds. The van der Waals surface area contributed by atoms with Gasteiger partial charge in [-0.25, -0.2) is 14.6 Å². The number of rotatable bonds is 9. The number of β-amino-alcohol motifs (C(OH)–C–C–N with tert-alkyl or cyclic N) is 1. The Morgan fingerprint density at radius 3 is 2.58 bits per heavy atom. The Balaban J connectivity index is 1.26. The van der Waals surface area contributed by atoms with Crippen LogP contribution in [0.3, 0.4) is 0 Å². The van der Waals surface area contributed by atoms with Crippen LogP contribution in [0.5, 0.6) is 0 Å². The van der Waals surface area contributed by atoms with Gasteiger partial charge < -0.3 is 10.4 Å². The smallest absolute Gasteiger partial charge is 0.191 e. The Morgan fingerprint density at radius 2 is 1.81 bits per heavy atom. The summed E-state index contributed by atoms with van der Waals surface area (Å²) < 4.78 is 1.81. The van der Waals surface area contributed by atoms with Gasteiger partial charge in [0.15, 0.2) is 22.1 Å². The number of thioether (sulfide) groups is 1. The van der Waals surface area contributed by atoms with Crippen molar-refractivity contribution >= 4 is 28.7 Å². The van der Waals surface area contributed by atoms with Crippen molar-refractivity contribution in [1.82, 2.24) is 29.9 Å². The fourth-order valence-electron chi connectivity index (χ4n) is 5.05. The highest BCUT2D eigenvalue weighted by Crippen LogP contribution is 2.43. The maximum atomic E-state index is 11.0. The maximum Gasteiger partial charge on any atom is 0.191 e. The van der Waals surface area contributed by atoms with Crippen molar-refractivity contribution in [1.29, 1.82) is 0 Å². The van der Waals surface area contributed by atoms with Crippen LogP contribution in [0, 0.1) is 0 Å². The summed E-state index contributed by atoms with van der Waals surface area (Å²) in [6.07, 6.45) is 1.57.